The van der Waals surface area contributed by atoms with Crippen LogP contribution in [0.15, 0.2) is 17.4 Å². The molecule has 0 saturated carbocycles. The number of rotatable bonds is 6. The molecule has 0 spiro atoms. The molecule has 0 fully saturated rings. The van der Waals surface area contributed by atoms with E-state index in [4.69, 9.17) is 9.47 Å². The maximum atomic E-state index is 5.30. The zero-order chi connectivity index (χ0) is 9.52. The summed E-state index contributed by atoms with van der Waals surface area (Å²) < 4.78 is 10.6. The van der Waals surface area contributed by atoms with Crippen molar-refractivity contribution in [3.63, 3.8) is 0 Å². The molecule has 74 valence electrons. The van der Waals surface area contributed by atoms with Crippen molar-refractivity contribution < 1.29 is 14.4 Å². The van der Waals surface area contributed by atoms with Gasteiger partial charge >= 0.3 is 0 Å². The smallest absolute Gasteiger partial charge is 0.234 e. The second kappa shape index (κ2) is 5.85. The van der Waals surface area contributed by atoms with Crippen molar-refractivity contribution >= 4 is 5.84 Å². The lowest BCUT2D eigenvalue weighted by Crippen LogP contribution is -3.10. The van der Waals surface area contributed by atoms with E-state index in [-0.39, 0.29) is 0 Å². The van der Waals surface area contributed by atoms with Crippen LogP contribution in [0, 0.1) is 0 Å². The Morgan fingerprint density at radius 3 is 2.77 bits per heavy atom. The highest BCUT2D eigenvalue weighted by Gasteiger charge is 2.18. The van der Waals surface area contributed by atoms with Crippen LogP contribution in [0.25, 0.3) is 0 Å². The monoisotopic (exact) mass is 185 g/mol. The molecule has 0 radical (unpaired) electrons. The maximum Gasteiger partial charge on any atom is 0.234 e. The van der Waals surface area contributed by atoms with Crippen LogP contribution in [0.2, 0.25) is 0 Å². The van der Waals surface area contributed by atoms with Crippen LogP contribution in [-0.4, -0.2) is 32.4 Å². The molecule has 1 aliphatic heterocycles. The molecule has 0 saturated heterocycles. The van der Waals surface area contributed by atoms with E-state index in [0.717, 1.165) is 23.9 Å². The Hall–Kier alpha value is -0.710. The molecule has 1 heterocycles. The molecular formula is C9H17N2O2+. The van der Waals surface area contributed by atoms with Crippen molar-refractivity contribution in [2.75, 3.05) is 26.6 Å². The van der Waals surface area contributed by atoms with Gasteiger partial charge in [0.2, 0.25) is 5.84 Å². The van der Waals surface area contributed by atoms with Gasteiger partial charge in [0.25, 0.3) is 0 Å². The highest BCUT2D eigenvalue weighted by Crippen LogP contribution is 1.84. The number of amidine groups is 1. The van der Waals surface area contributed by atoms with E-state index in [2.05, 4.69) is 4.99 Å². The molecule has 0 aliphatic carbocycles. The highest BCUT2D eigenvalue weighted by molar-refractivity contribution is 5.76. The zero-order valence-electron chi connectivity index (χ0n) is 8.25. The molecule has 1 aliphatic rings. The molecule has 0 bridgehead atoms. The van der Waals surface area contributed by atoms with Crippen molar-refractivity contribution in [3.05, 3.63) is 12.4 Å². The fourth-order valence-electron chi connectivity index (χ4n) is 1.07. The van der Waals surface area contributed by atoms with E-state index < -0.39 is 0 Å². The van der Waals surface area contributed by atoms with Crippen LogP contribution in [0.3, 0.4) is 0 Å². The molecule has 0 amide bonds. The third-order valence-electron chi connectivity index (χ3n) is 1.78. The molecule has 1 N–H and O–H groups in total. The molecule has 1 unspecified atom stereocenters. The summed E-state index contributed by atoms with van der Waals surface area (Å²) >= 11 is 0. The van der Waals surface area contributed by atoms with Crippen LogP contribution in [0.1, 0.15) is 13.8 Å². The summed E-state index contributed by atoms with van der Waals surface area (Å²) in [5, 5.41) is 0. The first-order valence-electron chi connectivity index (χ1n) is 4.63. The van der Waals surface area contributed by atoms with Gasteiger partial charge in [-0.15, -0.1) is 0 Å². The summed E-state index contributed by atoms with van der Waals surface area (Å²) in [7, 11) is 0. The van der Waals surface area contributed by atoms with E-state index in [9.17, 15) is 0 Å². The predicted octanol–water partition coefficient (Wildman–Crippen LogP) is -0.215. The SMILES string of the molecule is CCOCC1=NC=C[NH+]1COCC. The maximum absolute atomic E-state index is 5.30. The Morgan fingerprint density at radius 1 is 1.31 bits per heavy atom. The van der Waals surface area contributed by atoms with Gasteiger partial charge in [0.05, 0.1) is 6.20 Å². The predicted molar refractivity (Wildman–Crippen MR) is 50.5 cm³/mol. The van der Waals surface area contributed by atoms with E-state index in [0.29, 0.717) is 13.3 Å². The van der Waals surface area contributed by atoms with Crippen molar-refractivity contribution in [3.8, 4) is 0 Å². The number of ether oxygens (including phenoxy) is 2. The average Bonchev–Trinajstić information content (AvgIpc) is 2.59. The molecule has 0 aromatic rings. The van der Waals surface area contributed by atoms with Gasteiger partial charge in [-0.3, -0.25) is 0 Å². The minimum absolute atomic E-state index is 0.589. The fraction of sp³-hybridized carbons (Fsp3) is 0.667. The molecule has 1 atom stereocenters. The van der Waals surface area contributed by atoms with Crippen LogP contribution in [-0.2, 0) is 9.47 Å². The summed E-state index contributed by atoms with van der Waals surface area (Å²) in [6, 6.07) is 0. The topological polar surface area (TPSA) is 35.3 Å². The van der Waals surface area contributed by atoms with E-state index in [1.807, 2.05) is 20.0 Å². The standard InChI is InChI=1S/C9H16N2O2/c1-3-12-7-9-10-5-6-11(9)8-13-4-2/h5-6H,3-4,7-8H2,1-2H3/p+1. The van der Waals surface area contributed by atoms with Gasteiger partial charge in [0.1, 0.15) is 12.8 Å². The first-order valence-corrected chi connectivity index (χ1v) is 4.63. The average molecular weight is 185 g/mol. The Labute approximate surface area is 78.8 Å². The molecule has 0 aromatic heterocycles. The Kier molecular flexibility index (Phi) is 4.67. The molecule has 4 heteroatoms. The minimum atomic E-state index is 0.589. The van der Waals surface area contributed by atoms with Gasteiger partial charge in [0.15, 0.2) is 6.73 Å². The Bertz CT molecular complexity index is 202. The second-order valence-corrected chi connectivity index (χ2v) is 2.69. The number of hydrogen-bond acceptors (Lipinski definition) is 3. The first-order chi connectivity index (χ1) is 6.38. The van der Waals surface area contributed by atoms with Crippen LogP contribution >= 0.6 is 0 Å². The zero-order valence-corrected chi connectivity index (χ0v) is 8.25. The van der Waals surface area contributed by atoms with E-state index in [1.165, 1.54) is 0 Å². The lowest BCUT2D eigenvalue weighted by atomic mass is 10.5. The third kappa shape index (κ3) is 3.26. The van der Waals surface area contributed by atoms with Crippen LogP contribution in [0.5, 0.6) is 0 Å². The normalized spacial score (nSPS) is 20.8. The fourth-order valence-corrected chi connectivity index (χ4v) is 1.07. The van der Waals surface area contributed by atoms with E-state index >= 15 is 0 Å². The summed E-state index contributed by atoms with van der Waals surface area (Å²) in [6.45, 7) is 6.65. The van der Waals surface area contributed by atoms with Crippen LogP contribution < -0.4 is 4.90 Å². The van der Waals surface area contributed by atoms with Gasteiger partial charge in [-0.25, -0.2) is 9.89 Å². The van der Waals surface area contributed by atoms with Gasteiger partial charge in [0, 0.05) is 13.2 Å². The lowest BCUT2D eigenvalue weighted by Gasteiger charge is -2.11. The molecule has 13 heavy (non-hydrogen) atoms. The van der Waals surface area contributed by atoms with Crippen molar-refractivity contribution in [2.45, 2.75) is 13.8 Å². The van der Waals surface area contributed by atoms with Crippen molar-refractivity contribution in [2.24, 2.45) is 4.99 Å². The highest BCUT2D eigenvalue weighted by atomic mass is 16.5. The van der Waals surface area contributed by atoms with Gasteiger partial charge in [-0.2, -0.15) is 0 Å². The molecular weight excluding hydrogens is 168 g/mol. The van der Waals surface area contributed by atoms with Gasteiger partial charge in [-0.05, 0) is 13.8 Å². The third-order valence-corrected chi connectivity index (χ3v) is 1.78. The van der Waals surface area contributed by atoms with Gasteiger partial charge in [-0.1, -0.05) is 0 Å². The van der Waals surface area contributed by atoms with E-state index in [1.54, 1.807) is 6.20 Å². The largest absolute Gasteiger partial charge is 0.370 e. The number of quaternary nitrogens is 1. The summed E-state index contributed by atoms with van der Waals surface area (Å²) in [6.07, 6.45) is 3.77. The quantitative estimate of drug-likeness (QED) is 0.621. The Morgan fingerprint density at radius 2 is 2.08 bits per heavy atom. The number of nitrogens with one attached hydrogen (secondary N) is 1. The summed E-state index contributed by atoms with van der Waals surface area (Å²) in [5.74, 6) is 0.996. The molecule has 4 nitrogen and oxygen atoms in total. The lowest BCUT2D eigenvalue weighted by molar-refractivity contribution is -0.773. The second-order valence-electron chi connectivity index (χ2n) is 2.69. The number of nitrogens with zero attached hydrogens (tertiary/aromatic N) is 1. The Balaban J connectivity index is 2.28. The molecule has 1 rings (SSSR count). The number of hydrogen-bond donors (Lipinski definition) is 1. The summed E-state index contributed by atoms with van der Waals surface area (Å²) in [4.78, 5) is 5.34. The van der Waals surface area contributed by atoms with Gasteiger partial charge < -0.3 is 9.47 Å². The van der Waals surface area contributed by atoms with Crippen molar-refractivity contribution in [1.82, 2.24) is 0 Å². The molecule has 0 aromatic carbocycles. The minimum Gasteiger partial charge on any atom is -0.370 e. The van der Waals surface area contributed by atoms with Crippen molar-refractivity contribution in [1.29, 1.82) is 0 Å². The number of aliphatic imine (C=N–C) groups is 1. The first kappa shape index (κ1) is 10.4. The summed E-state index contributed by atoms with van der Waals surface area (Å²) in [5.41, 5.74) is 0. The van der Waals surface area contributed by atoms with Crippen LogP contribution in [0.4, 0.5) is 0 Å².